The highest BCUT2D eigenvalue weighted by molar-refractivity contribution is 7.90. The predicted octanol–water partition coefficient (Wildman–Crippen LogP) is 1.53. The Labute approximate surface area is 98.6 Å². The second kappa shape index (κ2) is 4.29. The third-order valence-corrected chi connectivity index (χ3v) is 4.01. The van der Waals surface area contributed by atoms with Gasteiger partial charge in [0, 0.05) is 19.4 Å². The van der Waals surface area contributed by atoms with Crippen molar-refractivity contribution in [2.45, 2.75) is 10.6 Å². The van der Waals surface area contributed by atoms with E-state index in [2.05, 4.69) is 4.98 Å². The minimum atomic E-state index is -3.55. The number of halogens is 1. The fraction of sp³-hybridized carbons (Fsp3) is 0.182. The van der Waals surface area contributed by atoms with Crippen molar-refractivity contribution < 1.29 is 12.8 Å². The summed E-state index contributed by atoms with van der Waals surface area (Å²) in [6.07, 6.45) is 3.19. The molecule has 0 atom stereocenters. The van der Waals surface area contributed by atoms with Crippen molar-refractivity contribution in [3.8, 4) is 0 Å². The standard InChI is InChI=1S/C11H11FN2O2S/c1-14-6-5-13-11(14)8-17(15,16)10-4-2-3-9(12)7-10/h2-7H,8H2,1H3. The topological polar surface area (TPSA) is 52.0 Å². The van der Waals surface area contributed by atoms with E-state index in [1.165, 1.54) is 24.4 Å². The lowest BCUT2D eigenvalue weighted by atomic mass is 10.4. The molecule has 17 heavy (non-hydrogen) atoms. The van der Waals surface area contributed by atoms with Crippen LogP contribution in [0.25, 0.3) is 0 Å². The van der Waals surface area contributed by atoms with Crippen molar-refractivity contribution in [1.82, 2.24) is 9.55 Å². The van der Waals surface area contributed by atoms with E-state index < -0.39 is 15.7 Å². The Morgan fingerprint density at radius 3 is 2.76 bits per heavy atom. The molecule has 0 unspecified atom stereocenters. The molecule has 0 aliphatic rings. The van der Waals surface area contributed by atoms with E-state index in [0.29, 0.717) is 5.82 Å². The molecule has 0 amide bonds. The summed E-state index contributed by atoms with van der Waals surface area (Å²) in [5.41, 5.74) is 0. The van der Waals surface area contributed by atoms with Crippen LogP contribution in [0, 0.1) is 5.82 Å². The van der Waals surface area contributed by atoms with E-state index in [0.717, 1.165) is 6.07 Å². The summed E-state index contributed by atoms with van der Waals surface area (Å²) in [5.74, 6) is -0.375. The van der Waals surface area contributed by atoms with E-state index in [4.69, 9.17) is 0 Å². The van der Waals surface area contributed by atoms with Gasteiger partial charge in [0.25, 0.3) is 0 Å². The Balaban J connectivity index is 2.35. The van der Waals surface area contributed by atoms with Crippen LogP contribution >= 0.6 is 0 Å². The Morgan fingerprint density at radius 2 is 2.18 bits per heavy atom. The molecular weight excluding hydrogens is 243 g/mol. The highest BCUT2D eigenvalue weighted by Gasteiger charge is 2.18. The third-order valence-electron chi connectivity index (χ3n) is 2.40. The summed E-state index contributed by atoms with van der Waals surface area (Å²) in [6.45, 7) is 0. The van der Waals surface area contributed by atoms with Crippen LogP contribution in [0.4, 0.5) is 4.39 Å². The molecule has 4 nitrogen and oxygen atoms in total. The zero-order valence-electron chi connectivity index (χ0n) is 9.17. The zero-order valence-corrected chi connectivity index (χ0v) is 9.98. The van der Waals surface area contributed by atoms with Gasteiger partial charge in [-0.3, -0.25) is 0 Å². The third kappa shape index (κ3) is 2.52. The van der Waals surface area contributed by atoms with Crippen LogP contribution in [0.15, 0.2) is 41.6 Å². The van der Waals surface area contributed by atoms with Crippen molar-refractivity contribution in [1.29, 1.82) is 0 Å². The average Bonchev–Trinajstić information content (AvgIpc) is 2.64. The molecule has 0 spiro atoms. The summed E-state index contributed by atoms with van der Waals surface area (Å²) in [7, 11) is -1.84. The molecule has 0 N–H and O–H groups in total. The maximum absolute atomic E-state index is 13.0. The molecule has 0 saturated heterocycles. The molecule has 1 heterocycles. The van der Waals surface area contributed by atoms with Crippen molar-refractivity contribution in [2.24, 2.45) is 7.05 Å². The van der Waals surface area contributed by atoms with E-state index in [9.17, 15) is 12.8 Å². The van der Waals surface area contributed by atoms with Gasteiger partial charge in [-0.1, -0.05) is 6.07 Å². The second-order valence-corrected chi connectivity index (χ2v) is 5.66. The molecule has 6 heteroatoms. The van der Waals surface area contributed by atoms with Crippen molar-refractivity contribution in [2.75, 3.05) is 0 Å². The number of imidazole rings is 1. The highest BCUT2D eigenvalue weighted by Crippen LogP contribution is 2.16. The molecule has 90 valence electrons. The van der Waals surface area contributed by atoms with Gasteiger partial charge in [-0.05, 0) is 18.2 Å². The molecule has 0 radical (unpaired) electrons. The molecular formula is C11H11FN2O2S. The lowest BCUT2D eigenvalue weighted by Gasteiger charge is -2.04. The van der Waals surface area contributed by atoms with Gasteiger partial charge in [-0.25, -0.2) is 17.8 Å². The van der Waals surface area contributed by atoms with Crippen LogP contribution in [-0.2, 0) is 22.6 Å². The smallest absolute Gasteiger partial charge is 0.185 e. The zero-order chi connectivity index (χ0) is 12.5. The maximum atomic E-state index is 13.0. The van der Waals surface area contributed by atoms with Crippen LogP contribution < -0.4 is 0 Å². The van der Waals surface area contributed by atoms with Crippen molar-refractivity contribution in [3.05, 3.63) is 48.3 Å². The fourth-order valence-corrected chi connectivity index (χ4v) is 2.81. The van der Waals surface area contributed by atoms with E-state index in [1.54, 1.807) is 17.8 Å². The van der Waals surface area contributed by atoms with Gasteiger partial charge in [0.15, 0.2) is 9.84 Å². The summed E-state index contributed by atoms with van der Waals surface area (Å²) < 4.78 is 38.6. The number of aromatic nitrogens is 2. The number of nitrogens with zero attached hydrogens (tertiary/aromatic N) is 2. The van der Waals surface area contributed by atoms with E-state index in [-0.39, 0.29) is 10.6 Å². The van der Waals surface area contributed by atoms with E-state index in [1.807, 2.05) is 0 Å². The Morgan fingerprint density at radius 1 is 1.41 bits per heavy atom. The van der Waals surface area contributed by atoms with Gasteiger partial charge in [0.1, 0.15) is 17.4 Å². The molecule has 0 aliphatic carbocycles. The minimum absolute atomic E-state index is 0.0273. The largest absolute Gasteiger partial charge is 0.337 e. The molecule has 0 bridgehead atoms. The first-order chi connectivity index (χ1) is 7.99. The van der Waals surface area contributed by atoms with Gasteiger partial charge in [0.2, 0.25) is 0 Å². The van der Waals surface area contributed by atoms with Gasteiger partial charge >= 0.3 is 0 Å². The van der Waals surface area contributed by atoms with Crippen LogP contribution in [0.1, 0.15) is 5.82 Å². The minimum Gasteiger partial charge on any atom is -0.337 e. The quantitative estimate of drug-likeness (QED) is 0.834. The molecule has 1 aromatic carbocycles. The SMILES string of the molecule is Cn1ccnc1CS(=O)(=O)c1cccc(F)c1. The van der Waals surface area contributed by atoms with Crippen LogP contribution in [0.5, 0.6) is 0 Å². The second-order valence-electron chi connectivity index (χ2n) is 3.67. The molecule has 0 saturated carbocycles. The van der Waals surface area contributed by atoms with E-state index >= 15 is 0 Å². The average molecular weight is 254 g/mol. The first kappa shape index (κ1) is 11.8. The van der Waals surface area contributed by atoms with Crippen LogP contribution in [0.3, 0.4) is 0 Å². The lowest BCUT2D eigenvalue weighted by Crippen LogP contribution is -2.09. The van der Waals surface area contributed by atoms with Crippen LogP contribution in [0.2, 0.25) is 0 Å². The highest BCUT2D eigenvalue weighted by atomic mass is 32.2. The van der Waals surface area contributed by atoms with Crippen molar-refractivity contribution >= 4 is 9.84 Å². The number of hydrogen-bond donors (Lipinski definition) is 0. The maximum Gasteiger partial charge on any atom is 0.185 e. The predicted molar refractivity (Wildman–Crippen MR) is 60.5 cm³/mol. The number of rotatable bonds is 3. The summed E-state index contributed by atoms with van der Waals surface area (Å²) >= 11 is 0. The lowest BCUT2D eigenvalue weighted by molar-refractivity contribution is 0.587. The van der Waals surface area contributed by atoms with Gasteiger partial charge in [-0.2, -0.15) is 0 Å². The molecule has 0 fully saturated rings. The number of sulfone groups is 1. The van der Waals surface area contributed by atoms with Gasteiger partial charge in [-0.15, -0.1) is 0 Å². The number of benzene rings is 1. The first-order valence-electron chi connectivity index (χ1n) is 4.93. The Hall–Kier alpha value is -1.69. The number of hydrogen-bond acceptors (Lipinski definition) is 3. The molecule has 0 aliphatic heterocycles. The first-order valence-corrected chi connectivity index (χ1v) is 6.59. The molecule has 2 aromatic rings. The summed E-state index contributed by atoms with van der Waals surface area (Å²) in [5, 5.41) is 0. The monoisotopic (exact) mass is 254 g/mol. The van der Waals surface area contributed by atoms with Gasteiger partial charge < -0.3 is 4.57 Å². The number of aryl methyl sites for hydroxylation is 1. The Bertz CT molecular complexity index is 634. The molecule has 1 aromatic heterocycles. The Kier molecular flexibility index (Phi) is 2.97. The molecule has 2 rings (SSSR count). The fourth-order valence-electron chi connectivity index (χ4n) is 1.45. The van der Waals surface area contributed by atoms with Crippen molar-refractivity contribution in [3.63, 3.8) is 0 Å². The summed E-state index contributed by atoms with van der Waals surface area (Å²) in [4.78, 5) is 3.91. The summed E-state index contributed by atoms with van der Waals surface area (Å²) in [6, 6.07) is 4.97. The normalized spacial score (nSPS) is 11.6. The van der Waals surface area contributed by atoms with Gasteiger partial charge in [0.05, 0.1) is 4.90 Å². The van der Waals surface area contributed by atoms with Crippen LogP contribution in [-0.4, -0.2) is 18.0 Å².